The highest BCUT2D eigenvalue weighted by molar-refractivity contribution is 5.54. The molecule has 0 amide bonds. The highest BCUT2D eigenvalue weighted by Gasteiger charge is 2.22. The van der Waals surface area contributed by atoms with E-state index in [-0.39, 0.29) is 5.56 Å². The van der Waals surface area contributed by atoms with Crippen molar-refractivity contribution in [3.8, 4) is 11.4 Å². The minimum absolute atomic E-state index is 0.0396. The molecule has 0 saturated heterocycles. The predicted octanol–water partition coefficient (Wildman–Crippen LogP) is 3.15. The lowest BCUT2D eigenvalue weighted by atomic mass is 10.1. The fourth-order valence-electron chi connectivity index (χ4n) is 3.27. The van der Waals surface area contributed by atoms with Gasteiger partial charge in [-0.1, -0.05) is 37.3 Å². The maximum atomic E-state index is 12.6. The molecule has 0 bridgehead atoms. The second kappa shape index (κ2) is 6.69. The van der Waals surface area contributed by atoms with E-state index >= 15 is 0 Å². The normalized spacial score (nSPS) is 14.4. The Labute approximate surface area is 146 Å². The van der Waals surface area contributed by atoms with E-state index in [0.717, 1.165) is 54.3 Å². The van der Waals surface area contributed by atoms with Crippen molar-refractivity contribution in [2.24, 2.45) is 0 Å². The number of rotatable bonds is 4. The number of aromatic nitrogens is 2. The smallest absolute Gasteiger partial charge is 0.255 e. The van der Waals surface area contributed by atoms with Gasteiger partial charge in [-0.3, -0.25) is 9.69 Å². The van der Waals surface area contributed by atoms with Crippen LogP contribution in [0.2, 0.25) is 0 Å². The third-order valence-corrected chi connectivity index (χ3v) is 4.64. The van der Waals surface area contributed by atoms with E-state index < -0.39 is 0 Å². The van der Waals surface area contributed by atoms with Crippen LogP contribution in [0.4, 0.5) is 0 Å². The van der Waals surface area contributed by atoms with Gasteiger partial charge in [-0.25, -0.2) is 4.98 Å². The lowest BCUT2D eigenvalue weighted by Crippen LogP contribution is -2.35. The van der Waals surface area contributed by atoms with Gasteiger partial charge in [-0.05, 0) is 12.1 Å². The van der Waals surface area contributed by atoms with Gasteiger partial charge in [-0.15, -0.1) is 0 Å². The Morgan fingerprint density at radius 3 is 2.72 bits per heavy atom. The summed E-state index contributed by atoms with van der Waals surface area (Å²) >= 11 is 0. The standard InChI is InChI=1S/C20H21N3O2/c1-2-15-8-9-16(25-15)12-23-11-10-18-17(13-23)20(24)22-19(21-18)14-6-4-3-5-7-14/h3-9H,2,10-13H2,1H3,(H,21,22,24). The third kappa shape index (κ3) is 3.28. The number of H-pyrrole nitrogens is 1. The van der Waals surface area contributed by atoms with E-state index in [1.54, 1.807) is 0 Å². The molecule has 5 nitrogen and oxygen atoms in total. The van der Waals surface area contributed by atoms with E-state index in [9.17, 15) is 4.79 Å². The summed E-state index contributed by atoms with van der Waals surface area (Å²) in [7, 11) is 0. The van der Waals surface area contributed by atoms with Crippen molar-refractivity contribution < 1.29 is 4.42 Å². The Morgan fingerprint density at radius 2 is 1.96 bits per heavy atom. The maximum absolute atomic E-state index is 12.6. The van der Waals surface area contributed by atoms with Crippen molar-refractivity contribution >= 4 is 0 Å². The van der Waals surface area contributed by atoms with Gasteiger partial charge >= 0.3 is 0 Å². The molecule has 1 aliphatic rings. The van der Waals surface area contributed by atoms with Gasteiger partial charge in [0, 0.05) is 31.5 Å². The Balaban J connectivity index is 1.56. The first-order valence-corrected chi connectivity index (χ1v) is 8.70. The highest BCUT2D eigenvalue weighted by Crippen LogP contribution is 2.20. The molecule has 0 unspecified atom stereocenters. The summed E-state index contributed by atoms with van der Waals surface area (Å²) in [6, 6.07) is 13.8. The fourth-order valence-corrected chi connectivity index (χ4v) is 3.27. The minimum Gasteiger partial charge on any atom is -0.465 e. The topological polar surface area (TPSA) is 62.1 Å². The van der Waals surface area contributed by atoms with Crippen molar-refractivity contribution in [2.45, 2.75) is 32.9 Å². The van der Waals surface area contributed by atoms with Crippen LogP contribution < -0.4 is 5.56 Å². The van der Waals surface area contributed by atoms with Crippen LogP contribution in [0.15, 0.2) is 51.7 Å². The molecule has 1 aromatic carbocycles. The zero-order valence-electron chi connectivity index (χ0n) is 14.3. The first-order valence-electron chi connectivity index (χ1n) is 8.70. The van der Waals surface area contributed by atoms with Crippen LogP contribution in [0.1, 0.15) is 29.7 Å². The molecule has 5 heteroatoms. The number of nitrogens with one attached hydrogen (secondary N) is 1. The summed E-state index contributed by atoms with van der Waals surface area (Å²) in [5, 5.41) is 0. The number of nitrogens with zero attached hydrogens (tertiary/aromatic N) is 2. The summed E-state index contributed by atoms with van der Waals surface area (Å²) in [6.45, 7) is 4.28. The van der Waals surface area contributed by atoms with Gasteiger partial charge in [0.25, 0.3) is 5.56 Å². The lowest BCUT2D eigenvalue weighted by molar-refractivity contribution is 0.221. The first-order chi connectivity index (χ1) is 12.2. The number of hydrogen-bond acceptors (Lipinski definition) is 4. The molecule has 0 aliphatic carbocycles. The number of aryl methyl sites for hydroxylation is 1. The van der Waals surface area contributed by atoms with Crippen molar-refractivity contribution in [3.05, 3.63) is 75.6 Å². The summed E-state index contributed by atoms with van der Waals surface area (Å²) in [5.41, 5.74) is 2.58. The molecule has 1 N–H and O–H groups in total. The zero-order chi connectivity index (χ0) is 17.2. The summed E-state index contributed by atoms with van der Waals surface area (Å²) in [4.78, 5) is 22.4. The molecule has 0 spiro atoms. The predicted molar refractivity (Wildman–Crippen MR) is 96.2 cm³/mol. The molecule has 0 radical (unpaired) electrons. The number of furan rings is 1. The van der Waals surface area contributed by atoms with Crippen LogP contribution >= 0.6 is 0 Å². The molecular weight excluding hydrogens is 314 g/mol. The van der Waals surface area contributed by atoms with Crippen LogP contribution in [0.5, 0.6) is 0 Å². The number of hydrogen-bond donors (Lipinski definition) is 1. The largest absolute Gasteiger partial charge is 0.465 e. The zero-order valence-corrected chi connectivity index (χ0v) is 14.3. The van der Waals surface area contributed by atoms with Crippen LogP contribution in [0.3, 0.4) is 0 Å². The molecule has 0 fully saturated rings. The van der Waals surface area contributed by atoms with Crippen LogP contribution in [0.25, 0.3) is 11.4 Å². The Bertz CT molecular complexity index is 928. The number of aromatic amines is 1. The minimum atomic E-state index is -0.0396. The van der Waals surface area contributed by atoms with Gasteiger partial charge in [-0.2, -0.15) is 0 Å². The van der Waals surface area contributed by atoms with E-state index in [4.69, 9.17) is 9.40 Å². The summed E-state index contributed by atoms with van der Waals surface area (Å²) in [5.74, 6) is 2.60. The van der Waals surface area contributed by atoms with E-state index in [1.165, 1.54) is 0 Å². The van der Waals surface area contributed by atoms with E-state index in [2.05, 4.69) is 16.8 Å². The Hall–Kier alpha value is -2.66. The maximum Gasteiger partial charge on any atom is 0.255 e. The van der Waals surface area contributed by atoms with Crippen LogP contribution in [0, 0.1) is 0 Å². The molecule has 2 aromatic heterocycles. The van der Waals surface area contributed by atoms with Crippen molar-refractivity contribution in [1.82, 2.24) is 14.9 Å². The first kappa shape index (κ1) is 15.8. The molecule has 4 rings (SSSR count). The molecule has 128 valence electrons. The molecular formula is C20H21N3O2. The van der Waals surface area contributed by atoms with Crippen molar-refractivity contribution in [3.63, 3.8) is 0 Å². The summed E-state index contributed by atoms with van der Waals surface area (Å²) < 4.78 is 5.79. The third-order valence-electron chi connectivity index (χ3n) is 4.64. The Morgan fingerprint density at radius 1 is 1.16 bits per heavy atom. The van der Waals surface area contributed by atoms with Gasteiger partial charge < -0.3 is 9.40 Å². The quantitative estimate of drug-likeness (QED) is 0.795. The monoisotopic (exact) mass is 335 g/mol. The highest BCUT2D eigenvalue weighted by atomic mass is 16.3. The van der Waals surface area contributed by atoms with Crippen LogP contribution in [-0.2, 0) is 25.9 Å². The molecule has 3 heterocycles. The van der Waals surface area contributed by atoms with Gasteiger partial charge in [0.2, 0.25) is 0 Å². The second-order valence-electron chi connectivity index (χ2n) is 6.39. The second-order valence-corrected chi connectivity index (χ2v) is 6.39. The number of fused-ring (bicyclic) bond motifs is 1. The average Bonchev–Trinajstić information content (AvgIpc) is 3.10. The van der Waals surface area contributed by atoms with E-state index in [1.807, 2.05) is 42.5 Å². The average molecular weight is 335 g/mol. The van der Waals surface area contributed by atoms with Crippen molar-refractivity contribution in [1.29, 1.82) is 0 Å². The van der Waals surface area contributed by atoms with Gasteiger partial charge in [0.05, 0.1) is 17.8 Å². The SMILES string of the molecule is CCc1ccc(CN2CCc3nc(-c4ccccc4)[nH]c(=O)c3C2)o1. The molecule has 25 heavy (non-hydrogen) atoms. The molecule has 1 aliphatic heterocycles. The molecule has 0 atom stereocenters. The molecule has 3 aromatic rings. The number of benzene rings is 1. The Kier molecular flexibility index (Phi) is 4.24. The van der Waals surface area contributed by atoms with Crippen LogP contribution in [-0.4, -0.2) is 21.4 Å². The van der Waals surface area contributed by atoms with E-state index in [0.29, 0.717) is 12.4 Å². The van der Waals surface area contributed by atoms with Crippen molar-refractivity contribution in [2.75, 3.05) is 6.54 Å². The molecule has 0 saturated carbocycles. The fraction of sp³-hybridized carbons (Fsp3) is 0.300. The van der Waals surface area contributed by atoms with Gasteiger partial charge in [0.1, 0.15) is 17.3 Å². The lowest BCUT2D eigenvalue weighted by Gasteiger charge is -2.26. The van der Waals surface area contributed by atoms with Gasteiger partial charge in [0.15, 0.2) is 0 Å². The summed E-state index contributed by atoms with van der Waals surface area (Å²) in [6.07, 6.45) is 1.68.